The molecular weight excluding hydrogens is 244 g/mol. The molecule has 0 aliphatic carbocycles. The molecule has 0 aromatic heterocycles. The van der Waals surface area contributed by atoms with Crippen molar-refractivity contribution < 1.29 is 14.2 Å². The highest BCUT2D eigenvalue weighted by Gasteiger charge is 2.42. The van der Waals surface area contributed by atoms with Crippen LogP contribution in [0.1, 0.15) is 25.7 Å². The minimum atomic E-state index is -0.0686. The molecule has 1 spiro atoms. The van der Waals surface area contributed by atoms with Crippen molar-refractivity contribution in [1.29, 1.82) is 5.26 Å². The molecule has 0 amide bonds. The van der Waals surface area contributed by atoms with Crippen molar-refractivity contribution in [1.82, 2.24) is 4.90 Å². The van der Waals surface area contributed by atoms with Gasteiger partial charge in [0.2, 0.25) is 0 Å². The molecule has 2 unspecified atom stereocenters. The molecule has 2 heterocycles. The maximum Gasteiger partial charge on any atom is 0.0951 e. The molecule has 5 heteroatoms. The summed E-state index contributed by atoms with van der Waals surface area (Å²) in [5.41, 5.74) is -0.0686. The fourth-order valence-electron chi connectivity index (χ4n) is 3.06. The van der Waals surface area contributed by atoms with E-state index in [1.54, 1.807) is 7.11 Å². The minimum Gasteiger partial charge on any atom is -0.383 e. The second-order valence-corrected chi connectivity index (χ2v) is 5.42. The lowest BCUT2D eigenvalue weighted by molar-refractivity contribution is -0.107. The molecule has 2 atom stereocenters. The lowest BCUT2D eigenvalue weighted by atomic mass is 9.88. The highest BCUT2D eigenvalue weighted by molar-refractivity contribution is 4.94. The average Bonchev–Trinajstić information content (AvgIpc) is 2.87. The quantitative estimate of drug-likeness (QED) is 0.724. The molecule has 2 aliphatic rings. The lowest BCUT2D eigenvalue weighted by Gasteiger charge is -2.42. The third kappa shape index (κ3) is 3.90. The molecule has 2 rings (SSSR count). The molecule has 0 radical (unpaired) electrons. The molecule has 2 aliphatic heterocycles. The van der Waals surface area contributed by atoms with E-state index in [0.717, 1.165) is 52.2 Å². The van der Waals surface area contributed by atoms with Gasteiger partial charge in [0.25, 0.3) is 0 Å². The maximum atomic E-state index is 8.79. The van der Waals surface area contributed by atoms with Crippen LogP contribution < -0.4 is 0 Å². The summed E-state index contributed by atoms with van der Waals surface area (Å²) >= 11 is 0. The fraction of sp³-hybridized carbons (Fsp3) is 0.929. The molecule has 0 N–H and O–H groups in total. The van der Waals surface area contributed by atoms with E-state index in [1.807, 2.05) is 0 Å². The number of hydrogen-bond acceptors (Lipinski definition) is 5. The largest absolute Gasteiger partial charge is 0.383 e. The lowest BCUT2D eigenvalue weighted by Crippen LogP contribution is -2.50. The van der Waals surface area contributed by atoms with Crippen LogP contribution >= 0.6 is 0 Å². The Balaban J connectivity index is 1.93. The number of hydrogen-bond donors (Lipinski definition) is 0. The average molecular weight is 268 g/mol. The van der Waals surface area contributed by atoms with Crippen molar-refractivity contribution in [3.63, 3.8) is 0 Å². The summed E-state index contributed by atoms with van der Waals surface area (Å²) in [6.45, 7) is 4.75. The van der Waals surface area contributed by atoms with Gasteiger partial charge in [0.05, 0.1) is 24.9 Å². The van der Waals surface area contributed by atoms with Gasteiger partial charge in [0.15, 0.2) is 0 Å². The minimum absolute atomic E-state index is 0.0686. The van der Waals surface area contributed by atoms with E-state index in [9.17, 15) is 0 Å². The zero-order valence-corrected chi connectivity index (χ0v) is 11.8. The van der Waals surface area contributed by atoms with E-state index in [1.165, 1.54) is 0 Å². The predicted molar refractivity (Wildman–Crippen MR) is 70.8 cm³/mol. The summed E-state index contributed by atoms with van der Waals surface area (Å²) in [7, 11) is 1.72. The summed E-state index contributed by atoms with van der Waals surface area (Å²) in [6.07, 6.45) is 3.63. The first-order valence-electron chi connectivity index (χ1n) is 7.11. The van der Waals surface area contributed by atoms with E-state index < -0.39 is 0 Å². The van der Waals surface area contributed by atoms with Crippen LogP contribution in [-0.4, -0.2) is 63.2 Å². The van der Waals surface area contributed by atoms with E-state index in [4.69, 9.17) is 19.5 Å². The van der Waals surface area contributed by atoms with E-state index in [-0.39, 0.29) is 5.60 Å². The molecule has 19 heavy (non-hydrogen) atoms. The normalized spacial score (nSPS) is 30.9. The van der Waals surface area contributed by atoms with Gasteiger partial charge in [-0.2, -0.15) is 5.26 Å². The molecule has 5 nitrogen and oxygen atoms in total. The molecule has 2 saturated heterocycles. The first-order chi connectivity index (χ1) is 9.29. The molecule has 0 aromatic rings. The number of ether oxygens (including phenoxy) is 3. The van der Waals surface area contributed by atoms with Gasteiger partial charge in [-0.15, -0.1) is 0 Å². The Bertz CT molecular complexity index is 310. The van der Waals surface area contributed by atoms with Gasteiger partial charge in [0, 0.05) is 52.3 Å². The van der Waals surface area contributed by atoms with E-state index in [2.05, 4.69) is 11.0 Å². The summed E-state index contributed by atoms with van der Waals surface area (Å²) in [6, 6.07) is 2.72. The molecule has 0 bridgehead atoms. The monoisotopic (exact) mass is 268 g/mol. The second kappa shape index (κ2) is 7.20. The van der Waals surface area contributed by atoms with Crippen molar-refractivity contribution in [3.8, 4) is 6.07 Å². The Kier molecular flexibility index (Phi) is 5.59. The Morgan fingerprint density at radius 1 is 1.42 bits per heavy atom. The standard InChI is InChI=1S/C14H24N2O3/c1-17-10-7-16(6-2-5-15)13-3-8-19-14(11-13)4-9-18-12-14/h13H,2-4,6-12H2,1H3. The Hall–Kier alpha value is -0.670. The molecule has 2 fully saturated rings. The summed E-state index contributed by atoms with van der Waals surface area (Å²) in [5, 5.41) is 8.79. The van der Waals surface area contributed by atoms with Crippen LogP contribution in [0.3, 0.4) is 0 Å². The third-order valence-electron chi connectivity index (χ3n) is 4.14. The highest BCUT2D eigenvalue weighted by Crippen LogP contribution is 2.34. The third-order valence-corrected chi connectivity index (χ3v) is 4.14. The molecule has 0 saturated carbocycles. The zero-order chi connectivity index (χ0) is 13.6. The van der Waals surface area contributed by atoms with Crippen molar-refractivity contribution in [2.45, 2.75) is 37.3 Å². The zero-order valence-electron chi connectivity index (χ0n) is 11.8. The SMILES string of the molecule is COCCN(CCC#N)C1CCOC2(CCOC2)C1. The molecule has 108 valence electrons. The number of rotatable bonds is 6. The Morgan fingerprint density at radius 2 is 2.32 bits per heavy atom. The smallest absolute Gasteiger partial charge is 0.0951 e. The van der Waals surface area contributed by atoms with Crippen LogP contribution in [0.5, 0.6) is 0 Å². The van der Waals surface area contributed by atoms with Gasteiger partial charge in [-0.1, -0.05) is 0 Å². The maximum absolute atomic E-state index is 8.79. The van der Waals surface area contributed by atoms with E-state index >= 15 is 0 Å². The first kappa shape index (κ1) is 14.7. The predicted octanol–water partition coefficient (Wildman–Crippen LogP) is 1.19. The number of nitriles is 1. The van der Waals surface area contributed by atoms with Gasteiger partial charge in [-0.25, -0.2) is 0 Å². The number of methoxy groups -OCH3 is 1. The highest BCUT2D eigenvalue weighted by atomic mass is 16.6. The van der Waals surface area contributed by atoms with Crippen LogP contribution in [0.25, 0.3) is 0 Å². The summed E-state index contributed by atoms with van der Waals surface area (Å²) < 4.78 is 16.7. The van der Waals surface area contributed by atoms with Crippen molar-refractivity contribution in [3.05, 3.63) is 0 Å². The van der Waals surface area contributed by atoms with Gasteiger partial charge in [-0.05, 0) is 12.8 Å². The van der Waals surface area contributed by atoms with Gasteiger partial charge in [-0.3, -0.25) is 4.90 Å². The summed E-state index contributed by atoms with van der Waals surface area (Å²) in [4.78, 5) is 2.38. The van der Waals surface area contributed by atoms with E-state index in [0.29, 0.717) is 19.1 Å². The number of nitrogens with zero attached hydrogens (tertiary/aromatic N) is 2. The molecule has 0 aromatic carbocycles. The molecular formula is C14H24N2O3. The van der Waals surface area contributed by atoms with Crippen molar-refractivity contribution in [2.75, 3.05) is 46.6 Å². The van der Waals surface area contributed by atoms with Crippen LogP contribution in [0.15, 0.2) is 0 Å². The van der Waals surface area contributed by atoms with Crippen LogP contribution in [0, 0.1) is 11.3 Å². The van der Waals surface area contributed by atoms with Gasteiger partial charge >= 0.3 is 0 Å². The van der Waals surface area contributed by atoms with Crippen molar-refractivity contribution >= 4 is 0 Å². The Labute approximate surface area is 115 Å². The van der Waals surface area contributed by atoms with Crippen LogP contribution in [0.2, 0.25) is 0 Å². The van der Waals surface area contributed by atoms with Gasteiger partial charge < -0.3 is 14.2 Å². The Morgan fingerprint density at radius 3 is 3.00 bits per heavy atom. The second-order valence-electron chi connectivity index (χ2n) is 5.42. The van der Waals surface area contributed by atoms with Crippen LogP contribution in [0.4, 0.5) is 0 Å². The summed E-state index contributed by atoms with van der Waals surface area (Å²) in [5.74, 6) is 0. The topological polar surface area (TPSA) is 54.7 Å². The van der Waals surface area contributed by atoms with Gasteiger partial charge in [0.1, 0.15) is 0 Å². The first-order valence-corrected chi connectivity index (χ1v) is 7.11. The van der Waals surface area contributed by atoms with Crippen molar-refractivity contribution in [2.24, 2.45) is 0 Å². The fourth-order valence-corrected chi connectivity index (χ4v) is 3.06. The van der Waals surface area contributed by atoms with Crippen LogP contribution in [-0.2, 0) is 14.2 Å².